The lowest BCUT2D eigenvalue weighted by atomic mass is 9.93. The van der Waals surface area contributed by atoms with Crippen molar-refractivity contribution in [2.75, 3.05) is 0 Å². The maximum Gasteiger partial charge on any atom is 0.349 e. The maximum atomic E-state index is 11.7. The second-order valence-corrected chi connectivity index (χ2v) is 4.52. The summed E-state index contributed by atoms with van der Waals surface area (Å²) in [5.41, 5.74) is 1.61. The van der Waals surface area contributed by atoms with Crippen LogP contribution < -0.4 is 0 Å². The molecule has 1 N–H and O–H groups in total. The first kappa shape index (κ1) is 13.5. The largest absolute Gasteiger partial charge is 0.349 e. The summed E-state index contributed by atoms with van der Waals surface area (Å²) in [6.45, 7) is 0. The normalized spacial score (nSPS) is 11.9. The molecule has 0 amide bonds. The van der Waals surface area contributed by atoms with Crippen LogP contribution >= 0.6 is 11.6 Å². The molecule has 0 radical (unpaired) electrons. The van der Waals surface area contributed by atoms with Crippen molar-refractivity contribution in [1.29, 1.82) is 0 Å². The highest BCUT2D eigenvalue weighted by Crippen LogP contribution is 2.23. The van der Waals surface area contributed by atoms with E-state index in [1.807, 2.05) is 6.07 Å². The highest BCUT2D eigenvalue weighted by Gasteiger charge is 2.23. The lowest BCUT2D eigenvalue weighted by Crippen LogP contribution is -2.17. The lowest BCUT2D eigenvalue weighted by Gasteiger charge is -2.13. The number of carbonyl (C=O) groups excluding carboxylic acids is 1. The van der Waals surface area contributed by atoms with Gasteiger partial charge in [-0.05, 0) is 35.7 Å². The molecular formula is C14H12ClNO3. The predicted molar refractivity (Wildman–Crippen MR) is 70.9 cm³/mol. The van der Waals surface area contributed by atoms with Crippen LogP contribution in [0.1, 0.15) is 17.0 Å². The topological polar surface area (TPSA) is 59.4 Å². The fourth-order valence-electron chi connectivity index (χ4n) is 1.85. The maximum absolute atomic E-state index is 11.7. The van der Waals surface area contributed by atoms with Gasteiger partial charge in [-0.25, -0.2) is 4.79 Å². The van der Waals surface area contributed by atoms with Crippen molar-refractivity contribution in [3.8, 4) is 0 Å². The van der Waals surface area contributed by atoms with Gasteiger partial charge in [0.05, 0.1) is 5.92 Å². The Labute approximate surface area is 115 Å². The lowest BCUT2D eigenvalue weighted by molar-refractivity contribution is -0.236. The van der Waals surface area contributed by atoms with Gasteiger partial charge in [0.25, 0.3) is 0 Å². The van der Waals surface area contributed by atoms with Crippen LogP contribution in [0.2, 0.25) is 5.02 Å². The van der Waals surface area contributed by atoms with Crippen LogP contribution in [-0.4, -0.2) is 16.2 Å². The third-order valence-corrected chi connectivity index (χ3v) is 3.06. The average molecular weight is 278 g/mol. The molecule has 2 aromatic rings. The van der Waals surface area contributed by atoms with Crippen LogP contribution in [0, 0.1) is 0 Å². The highest BCUT2D eigenvalue weighted by molar-refractivity contribution is 6.30. The molecule has 0 saturated heterocycles. The van der Waals surface area contributed by atoms with Gasteiger partial charge in [-0.2, -0.15) is 5.26 Å². The minimum Gasteiger partial charge on any atom is -0.300 e. The van der Waals surface area contributed by atoms with E-state index in [9.17, 15) is 4.79 Å². The van der Waals surface area contributed by atoms with Crippen LogP contribution in [0.25, 0.3) is 0 Å². The number of hydrogen-bond acceptors (Lipinski definition) is 4. The van der Waals surface area contributed by atoms with Crippen molar-refractivity contribution < 1.29 is 14.9 Å². The predicted octanol–water partition coefficient (Wildman–Crippen LogP) is 3.08. The third kappa shape index (κ3) is 3.53. The Morgan fingerprint density at radius 3 is 2.63 bits per heavy atom. The van der Waals surface area contributed by atoms with Gasteiger partial charge >= 0.3 is 5.97 Å². The summed E-state index contributed by atoms with van der Waals surface area (Å²) < 4.78 is 0. The van der Waals surface area contributed by atoms with E-state index < -0.39 is 11.9 Å². The molecule has 98 valence electrons. The monoisotopic (exact) mass is 277 g/mol. The van der Waals surface area contributed by atoms with Gasteiger partial charge < -0.3 is 4.89 Å². The number of benzene rings is 1. The van der Waals surface area contributed by atoms with E-state index in [-0.39, 0.29) is 0 Å². The summed E-state index contributed by atoms with van der Waals surface area (Å²) in [5.74, 6) is -1.29. The van der Waals surface area contributed by atoms with Crippen molar-refractivity contribution in [2.45, 2.75) is 12.3 Å². The summed E-state index contributed by atoms with van der Waals surface area (Å²) >= 11 is 5.81. The summed E-state index contributed by atoms with van der Waals surface area (Å²) in [6, 6.07) is 10.5. The zero-order chi connectivity index (χ0) is 13.7. The first-order valence-corrected chi connectivity index (χ1v) is 6.08. The van der Waals surface area contributed by atoms with Gasteiger partial charge in [0, 0.05) is 17.4 Å². The van der Waals surface area contributed by atoms with Gasteiger partial charge in [0.1, 0.15) is 0 Å². The molecule has 1 aromatic carbocycles. The molecule has 0 aliphatic carbocycles. The molecule has 0 spiro atoms. The fraction of sp³-hybridized carbons (Fsp3) is 0.143. The van der Waals surface area contributed by atoms with Crippen molar-refractivity contribution in [1.82, 2.24) is 4.98 Å². The molecular weight excluding hydrogens is 266 g/mol. The molecule has 5 heteroatoms. The fourth-order valence-corrected chi connectivity index (χ4v) is 1.98. The SMILES string of the molecule is O=C(OO)C(Cc1cccnc1)c1ccc(Cl)cc1. The van der Waals surface area contributed by atoms with E-state index in [0.717, 1.165) is 11.1 Å². The van der Waals surface area contributed by atoms with Gasteiger partial charge in [0.15, 0.2) is 0 Å². The molecule has 1 heterocycles. The molecule has 0 bridgehead atoms. The summed E-state index contributed by atoms with van der Waals surface area (Å²) in [4.78, 5) is 19.5. The quantitative estimate of drug-likeness (QED) is 0.689. The summed E-state index contributed by atoms with van der Waals surface area (Å²) in [6.07, 6.45) is 3.73. The Bertz CT molecular complexity index is 542. The number of pyridine rings is 1. The molecule has 1 unspecified atom stereocenters. The number of aromatic nitrogens is 1. The van der Waals surface area contributed by atoms with E-state index in [4.69, 9.17) is 16.9 Å². The third-order valence-electron chi connectivity index (χ3n) is 2.81. The summed E-state index contributed by atoms with van der Waals surface area (Å²) in [7, 11) is 0. The van der Waals surface area contributed by atoms with Crippen molar-refractivity contribution in [3.63, 3.8) is 0 Å². The molecule has 0 aliphatic heterocycles. The van der Waals surface area contributed by atoms with E-state index in [0.29, 0.717) is 11.4 Å². The molecule has 19 heavy (non-hydrogen) atoms. The second kappa shape index (κ2) is 6.31. The van der Waals surface area contributed by atoms with Crippen LogP contribution in [0.4, 0.5) is 0 Å². The molecule has 1 atom stereocenters. The molecule has 2 rings (SSSR count). The number of rotatable bonds is 4. The van der Waals surface area contributed by atoms with Gasteiger partial charge in [-0.3, -0.25) is 4.98 Å². The number of hydrogen-bond donors (Lipinski definition) is 1. The second-order valence-electron chi connectivity index (χ2n) is 4.08. The van der Waals surface area contributed by atoms with E-state index >= 15 is 0 Å². The minimum atomic E-state index is -0.703. The summed E-state index contributed by atoms with van der Waals surface area (Å²) in [5, 5.41) is 9.19. The number of halogens is 1. The van der Waals surface area contributed by atoms with E-state index in [1.54, 1.807) is 42.7 Å². The zero-order valence-electron chi connectivity index (χ0n) is 9.99. The molecule has 1 aromatic heterocycles. The Morgan fingerprint density at radius 2 is 2.05 bits per heavy atom. The molecule has 0 aliphatic rings. The Hall–Kier alpha value is -1.91. The molecule has 0 saturated carbocycles. The zero-order valence-corrected chi connectivity index (χ0v) is 10.7. The van der Waals surface area contributed by atoms with Gasteiger partial charge in [-0.15, -0.1) is 0 Å². The molecule has 0 fully saturated rings. The van der Waals surface area contributed by atoms with Crippen LogP contribution in [0.3, 0.4) is 0 Å². The van der Waals surface area contributed by atoms with Crippen LogP contribution in [-0.2, 0) is 16.1 Å². The van der Waals surface area contributed by atoms with Gasteiger partial charge in [-0.1, -0.05) is 29.8 Å². The number of carbonyl (C=O) groups is 1. The smallest absolute Gasteiger partial charge is 0.300 e. The molecule has 4 nitrogen and oxygen atoms in total. The standard InChI is InChI=1S/C14H12ClNO3/c15-12-5-3-11(4-6-12)13(14(17)19-18)8-10-2-1-7-16-9-10/h1-7,9,13,18H,8H2. The first-order chi connectivity index (χ1) is 9.20. The Morgan fingerprint density at radius 1 is 1.32 bits per heavy atom. The van der Waals surface area contributed by atoms with Crippen molar-refractivity contribution in [2.24, 2.45) is 0 Å². The average Bonchev–Trinajstić information content (AvgIpc) is 2.46. The van der Waals surface area contributed by atoms with Crippen molar-refractivity contribution >= 4 is 17.6 Å². The first-order valence-electron chi connectivity index (χ1n) is 5.70. The van der Waals surface area contributed by atoms with E-state index in [1.165, 1.54) is 0 Å². The van der Waals surface area contributed by atoms with Gasteiger partial charge in [0.2, 0.25) is 0 Å². The van der Waals surface area contributed by atoms with Crippen molar-refractivity contribution in [3.05, 3.63) is 64.9 Å². The van der Waals surface area contributed by atoms with Crippen LogP contribution in [0.15, 0.2) is 48.8 Å². The number of nitrogens with zero attached hydrogens (tertiary/aromatic N) is 1. The minimum absolute atomic E-state index is 0.398. The Balaban J connectivity index is 2.26. The van der Waals surface area contributed by atoms with E-state index in [2.05, 4.69) is 9.87 Å². The highest BCUT2D eigenvalue weighted by atomic mass is 35.5. The Kier molecular flexibility index (Phi) is 4.49. The van der Waals surface area contributed by atoms with Crippen LogP contribution in [0.5, 0.6) is 0 Å².